The SMILES string of the molecule is CSc1ccc(CBr)c2sc(S)cc12. The molecule has 1 aromatic heterocycles. The first kappa shape index (κ1) is 10.9. The molecule has 4 heteroatoms. The maximum absolute atomic E-state index is 4.41. The number of fused-ring (bicyclic) bond motifs is 1. The number of thioether (sulfide) groups is 1. The molecule has 2 rings (SSSR count). The Morgan fingerprint density at radius 1 is 1.50 bits per heavy atom. The molecular weight excluding hydrogens is 296 g/mol. The summed E-state index contributed by atoms with van der Waals surface area (Å²) in [6.45, 7) is 0. The van der Waals surface area contributed by atoms with Gasteiger partial charge < -0.3 is 0 Å². The van der Waals surface area contributed by atoms with E-state index in [0.717, 1.165) is 9.54 Å². The van der Waals surface area contributed by atoms with Crippen LogP contribution >= 0.6 is 51.7 Å². The number of thiophene rings is 1. The molecule has 1 heterocycles. The monoisotopic (exact) mass is 304 g/mol. The van der Waals surface area contributed by atoms with Crippen LogP contribution in [0.3, 0.4) is 0 Å². The van der Waals surface area contributed by atoms with Crippen LogP contribution in [-0.4, -0.2) is 6.26 Å². The standard InChI is InChI=1S/C10H9BrS3/c1-13-8-3-2-6(5-11)10-7(8)4-9(12)14-10/h2-4,12H,5H2,1H3. The van der Waals surface area contributed by atoms with Crippen molar-refractivity contribution in [2.45, 2.75) is 14.4 Å². The quantitative estimate of drug-likeness (QED) is 0.472. The van der Waals surface area contributed by atoms with Crippen LogP contribution in [0, 0.1) is 0 Å². The van der Waals surface area contributed by atoms with E-state index in [9.17, 15) is 0 Å². The minimum absolute atomic E-state index is 0.909. The lowest BCUT2D eigenvalue weighted by Crippen LogP contribution is -1.79. The number of alkyl halides is 1. The molecule has 0 amide bonds. The van der Waals surface area contributed by atoms with Crippen LogP contribution in [0.25, 0.3) is 10.1 Å². The van der Waals surface area contributed by atoms with E-state index in [1.807, 2.05) is 0 Å². The van der Waals surface area contributed by atoms with Crippen LogP contribution in [0.5, 0.6) is 0 Å². The molecule has 0 aliphatic heterocycles. The zero-order chi connectivity index (χ0) is 10.1. The Morgan fingerprint density at radius 3 is 2.93 bits per heavy atom. The Bertz CT molecular complexity index is 421. The van der Waals surface area contributed by atoms with E-state index in [2.05, 4.69) is 53.0 Å². The van der Waals surface area contributed by atoms with Gasteiger partial charge in [0.25, 0.3) is 0 Å². The Labute approximate surface area is 106 Å². The summed E-state index contributed by atoms with van der Waals surface area (Å²) in [5.41, 5.74) is 1.35. The fourth-order valence-electron chi connectivity index (χ4n) is 1.42. The third-order valence-corrected chi connectivity index (χ3v) is 4.89. The molecule has 0 nitrogen and oxygen atoms in total. The molecule has 0 spiro atoms. The highest BCUT2D eigenvalue weighted by Gasteiger charge is 2.07. The Hall–Kier alpha value is 0.360. The molecule has 0 bridgehead atoms. The van der Waals surface area contributed by atoms with Gasteiger partial charge >= 0.3 is 0 Å². The highest BCUT2D eigenvalue weighted by atomic mass is 79.9. The fourth-order valence-corrected chi connectivity index (χ4v) is 4.07. The molecule has 2 aromatic rings. The highest BCUT2D eigenvalue weighted by Crippen LogP contribution is 2.37. The fraction of sp³-hybridized carbons (Fsp3) is 0.200. The summed E-state index contributed by atoms with van der Waals surface area (Å²) in [4.78, 5) is 1.33. The molecule has 0 unspecified atom stereocenters. The van der Waals surface area contributed by atoms with Crippen LogP contribution in [0.4, 0.5) is 0 Å². The lowest BCUT2D eigenvalue weighted by atomic mass is 10.2. The van der Waals surface area contributed by atoms with Gasteiger partial charge in [-0.05, 0) is 24.0 Å². The molecule has 0 aliphatic carbocycles. The zero-order valence-electron chi connectivity index (χ0n) is 7.58. The third kappa shape index (κ3) is 1.85. The van der Waals surface area contributed by atoms with E-state index in [0.29, 0.717) is 0 Å². The lowest BCUT2D eigenvalue weighted by Gasteiger charge is -2.02. The van der Waals surface area contributed by atoms with Crippen molar-refractivity contribution in [1.82, 2.24) is 0 Å². The van der Waals surface area contributed by atoms with Crippen LogP contribution in [0.1, 0.15) is 5.56 Å². The van der Waals surface area contributed by atoms with Crippen molar-refractivity contribution in [1.29, 1.82) is 0 Å². The number of hydrogen-bond acceptors (Lipinski definition) is 3. The minimum atomic E-state index is 0.909. The molecule has 0 N–H and O–H groups in total. The molecule has 74 valence electrons. The van der Waals surface area contributed by atoms with E-state index >= 15 is 0 Å². The van der Waals surface area contributed by atoms with Gasteiger partial charge in [-0.1, -0.05) is 22.0 Å². The second kappa shape index (κ2) is 4.47. The van der Waals surface area contributed by atoms with Crippen LogP contribution < -0.4 is 0 Å². The molecule has 0 saturated heterocycles. The smallest absolute Gasteiger partial charge is 0.0581 e. The van der Waals surface area contributed by atoms with Gasteiger partial charge in [0.2, 0.25) is 0 Å². The normalized spacial score (nSPS) is 11.1. The van der Waals surface area contributed by atoms with E-state index in [1.54, 1.807) is 23.1 Å². The first-order valence-corrected chi connectivity index (χ1v) is 7.71. The average Bonchev–Trinajstić information content (AvgIpc) is 2.57. The second-order valence-corrected chi connectivity index (χ2v) is 6.13. The molecular formula is C10H9BrS3. The summed E-state index contributed by atoms with van der Waals surface area (Å²) < 4.78 is 2.45. The van der Waals surface area contributed by atoms with Crippen LogP contribution in [0.15, 0.2) is 27.3 Å². The van der Waals surface area contributed by atoms with Gasteiger partial charge in [-0.2, -0.15) is 0 Å². The molecule has 0 radical (unpaired) electrons. The molecule has 14 heavy (non-hydrogen) atoms. The van der Waals surface area contributed by atoms with Crippen molar-refractivity contribution < 1.29 is 0 Å². The molecule has 0 fully saturated rings. The Balaban J connectivity index is 2.77. The topological polar surface area (TPSA) is 0 Å². The maximum Gasteiger partial charge on any atom is 0.0581 e. The Kier molecular flexibility index (Phi) is 3.47. The number of hydrogen-bond donors (Lipinski definition) is 1. The zero-order valence-corrected chi connectivity index (χ0v) is 11.7. The largest absolute Gasteiger partial charge is 0.133 e. The summed E-state index contributed by atoms with van der Waals surface area (Å²) in [6.07, 6.45) is 2.11. The molecule has 0 saturated carbocycles. The second-order valence-electron chi connectivity index (χ2n) is 2.89. The van der Waals surface area contributed by atoms with E-state index in [1.165, 1.54) is 20.5 Å². The predicted molar refractivity (Wildman–Crippen MR) is 73.5 cm³/mol. The summed E-state index contributed by atoms with van der Waals surface area (Å²) in [5.74, 6) is 0. The number of thiol groups is 1. The van der Waals surface area contributed by atoms with Gasteiger partial charge in [0, 0.05) is 20.3 Å². The first-order valence-electron chi connectivity index (χ1n) is 4.10. The molecule has 0 atom stereocenters. The number of rotatable bonds is 2. The van der Waals surface area contributed by atoms with Crippen LogP contribution in [-0.2, 0) is 5.33 Å². The van der Waals surface area contributed by atoms with Gasteiger partial charge in [0.1, 0.15) is 0 Å². The minimum Gasteiger partial charge on any atom is -0.133 e. The van der Waals surface area contributed by atoms with Crippen molar-refractivity contribution in [3.05, 3.63) is 23.8 Å². The average molecular weight is 305 g/mol. The Morgan fingerprint density at radius 2 is 2.29 bits per heavy atom. The van der Waals surface area contributed by atoms with Crippen molar-refractivity contribution in [3.8, 4) is 0 Å². The van der Waals surface area contributed by atoms with Crippen molar-refractivity contribution >= 4 is 61.7 Å². The summed E-state index contributed by atoms with van der Waals surface area (Å²) in [6, 6.07) is 6.53. The van der Waals surface area contributed by atoms with Gasteiger partial charge in [-0.25, -0.2) is 0 Å². The number of halogens is 1. The van der Waals surface area contributed by atoms with Crippen LogP contribution in [0.2, 0.25) is 0 Å². The first-order chi connectivity index (χ1) is 6.76. The van der Waals surface area contributed by atoms with Gasteiger partial charge in [0.15, 0.2) is 0 Å². The lowest BCUT2D eigenvalue weighted by molar-refractivity contribution is 1.45. The van der Waals surface area contributed by atoms with E-state index in [-0.39, 0.29) is 0 Å². The van der Waals surface area contributed by atoms with Crippen molar-refractivity contribution in [3.63, 3.8) is 0 Å². The van der Waals surface area contributed by atoms with Gasteiger partial charge in [-0.15, -0.1) is 35.7 Å². The van der Waals surface area contributed by atoms with E-state index < -0.39 is 0 Å². The van der Waals surface area contributed by atoms with Gasteiger partial charge in [-0.3, -0.25) is 0 Å². The third-order valence-electron chi connectivity index (χ3n) is 2.08. The maximum atomic E-state index is 4.41. The number of benzene rings is 1. The van der Waals surface area contributed by atoms with Crippen molar-refractivity contribution in [2.24, 2.45) is 0 Å². The summed E-state index contributed by atoms with van der Waals surface area (Å²) in [7, 11) is 0. The summed E-state index contributed by atoms with van der Waals surface area (Å²) >= 11 is 11.5. The van der Waals surface area contributed by atoms with Crippen molar-refractivity contribution in [2.75, 3.05) is 6.26 Å². The van der Waals surface area contributed by atoms with Gasteiger partial charge in [0.05, 0.1) is 4.21 Å². The summed E-state index contributed by atoms with van der Waals surface area (Å²) in [5, 5.41) is 2.25. The molecule has 0 aliphatic rings. The van der Waals surface area contributed by atoms with E-state index in [4.69, 9.17) is 0 Å². The molecule has 1 aromatic carbocycles. The highest BCUT2D eigenvalue weighted by molar-refractivity contribution is 9.08. The predicted octanol–water partition coefficient (Wildman–Crippen LogP) is 4.81.